The first-order valence-corrected chi connectivity index (χ1v) is 17.9. The highest BCUT2D eigenvalue weighted by molar-refractivity contribution is 7.92. The summed E-state index contributed by atoms with van der Waals surface area (Å²) in [4.78, 5) is 27.4. The van der Waals surface area contributed by atoms with Crippen LogP contribution in [0.15, 0.2) is 103 Å². The lowest BCUT2D eigenvalue weighted by molar-refractivity contribution is 0.0779. The van der Waals surface area contributed by atoms with E-state index in [0.29, 0.717) is 17.0 Å². The predicted octanol–water partition coefficient (Wildman–Crippen LogP) is 4.38. The van der Waals surface area contributed by atoms with Gasteiger partial charge >= 0.3 is 0 Å². The summed E-state index contributed by atoms with van der Waals surface area (Å²) in [5.74, 6) is -0.942. The number of aliphatic hydroxyl groups excluding tert-OH is 1. The first-order chi connectivity index (χ1) is 24.3. The van der Waals surface area contributed by atoms with Crippen LogP contribution in [0.5, 0.6) is 5.75 Å². The molecule has 0 saturated carbocycles. The van der Waals surface area contributed by atoms with Gasteiger partial charge in [-0.05, 0) is 79.1 Å². The highest BCUT2D eigenvalue weighted by Crippen LogP contribution is 2.23. The third-order valence-corrected chi connectivity index (χ3v) is 9.60. The molecule has 1 aromatic heterocycles. The van der Waals surface area contributed by atoms with Gasteiger partial charge in [0.25, 0.3) is 11.8 Å². The summed E-state index contributed by atoms with van der Waals surface area (Å²) in [6, 6.07) is 25.0. The number of carbonyl (C=O) groups is 2. The maximum absolute atomic E-state index is 13.9. The Hall–Kier alpha value is -5.60. The van der Waals surface area contributed by atoms with Crippen LogP contribution in [-0.2, 0) is 23.0 Å². The number of nitrogens with one attached hydrogen (secondary N) is 2. The Morgan fingerprint density at radius 2 is 1.57 bits per heavy atom. The smallest absolute Gasteiger partial charge is 0.251 e. The second-order valence-corrected chi connectivity index (χ2v) is 14.2. The molecule has 0 saturated heterocycles. The van der Waals surface area contributed by atoms with Gasteiger partial charge in [-0.25, -0.2) is 17.5 Å². The average molecular weight is 715 g/mol. The van der Waals surface area contributed by atoms with E-state index in [1.807, 2.05) is 42.5 Å². The first-order valence-electron chi connectivity index (χ1n) is 16.0. The summed E-state index contributed by atoms with van der Waals surface area (Å²) in [6.45, 7) is 1.71. The molecule has 3 atom stereocenters. The maximum Gasteiger partial charge on any atom is 0.251 e. The first kappa shape index (κ1) is 36.7. The molecule has 0 unspecified atom stereocenters. The van der Waals surface area contributed by atoms with Gasteiger partial charge in [0.1, 0.15) is 17.3 Å². The van der Waals surface area contributed by atoms with Crippen molar-refractivity contribution >= 4 is 27.5 Å². The number of hydrogen-bond donors (Lipinski definition) is 3. The number of nitrogens with zero attached hydrogens (tertiary/aromatic N) is 4. The fourth-order valence-corrected chi connectivity index (χ4v) is 5.85. The Bertz CT molecular complexity index is 2080. The number of aliphatic hydroxyl groups is 1. The third kappa shape index (κ3) is 9.55. The SMILES string of the molecule is COc1ccc(-c2cn(C[C@H](O)[C@H](Cc3ccccc3)NC(=O)c3cc(C(=O)N[C@H](C)c4ccc(F)cc4)cc(N(C)S(C)(=O)=O)c3)nn2)cc1. The quantitative estimate of drug-likeness (QED) is 0.153. The summed E-state index contributed by atoms with van der Waals surface area (Å²) in [7, 11) is -0.877. The van der Waals surface area contributed by atoms with E-state index in [1.54, 1.807) is 44.5 Å². The second kappa shape index (κ2) is 16.0. The van der Waals surface area contributed by atoms with Crippen molar-refractivity contribution in [2.45, 2.75) is 38.1 Å². The number of ether oxygens (including phenoxy) is 1. The van der Waals surface area contributed by atoms with E-state index >= 15 is 0 Å². The van der Waals surface area contributed by atoms with E-state index in [4.69, 9.17) is 4.74 Å². The van der Waals surface area contributed by atoms with E-state index in [1.165, 1.54) is 42.1 Å². The molecule has 0 bridgehead atoms. The van der Waals surface area contributed by atoms with Crippen LogP contribution in [-0.4, -0.2) is 72.9 Å². The van der Waals surface area contributed by atoms with Crippen molar-refractivity contribution in [2.24, 2.45) is 0 Å². The standard InChI is InChI=1S/C37H39FN6O6S/c1-24(26-10-14-30(38)15-11-26)39-36(46)28-19-29(21-31(20-28)43(2)51(4,48)49)37(47)40-33(18-25-8-6-5-7-9-25)35(45)23-44-22-34(41-42-44)27-12-16-32(50-3)17-13-27/h5-17,19-22,24,33,35,45H,18,23H2,1-4H3,(H,39,46)(H,40,47)/t24-,33+,35+/m1/s1. The monoisotopic (exact) mass is 714 g/mol. The molecular weight excluding hydrogens is 676 g/mol. The van der Waals surface area contributed by atoms with Crippen LogP contribution >= 0.6 is 0 Å². The topological polar surface area (TPSA) is 156 Å². The van der Waals surface area contributed by atoms with Gasteiger partial charge in [0.15, 0.2) is 0 Å². The maximum atomic E-state index is 13.9. The molecule has 0 spiro atoms. The number of aromatic nitrogens is 3. The summed E-state index contributed by atoms with van der Waals surface area (Å²) in [5, 5.41) is 25.6. The lowest BCUT2D eigenvalue weighted by Crippen LogP contribution is -2.46. The molecule has 12 nitrogen and oxygen atoms in total. The van der Waals surface area contributed by atoms with E-state index < -0.39 is 45.8 Å². The molecule has 4 aromatic carbocycles. The van der Waals surface area contributed by atoms with Gasteiger partial charge in [-0.1, -0.05) is 47.7 Å². The van der Waals surface area contributed by atoms with Crippen molar-refractivity contribution < 1.29 is 32.2 Å². The van der Waals surface area contributed by atoms with Gasteiger partial charge in [-0.2, -0.15) is 0 Å². The molecule has 1 heterocycles. The number of anilines is 1. The van der Waals surface area contributed by atoms with Crippen molar-refractivity contribution in [3.63, 3.8) is 0 Å². The van der Waals surface area contributed by atoms with Gasteiger partial charge in [-0.15, -0.1) is 5.10 Å². The normalized spacial score (nSPS) is 13.1. The van der Waals surface area contributed by atoms with Gasteiger partial charge < -0.3 is 20.5 Å². The molecule has 0 aliphatic carbocycles. The zero-order valence-electron chi connectivity index (χ0n) is 28.5. The van der Waals surface area contributed by atoms with Gasteiger partial charge in [0.05, 0.1) is 50.0 Å². The second-order valence-electron chi connectivity index (χ2n) is 12.1. The van der Waals surface area contributed by atoms with Crippen LogP contribution in [0.1, 0.15) is 44.8 Å². The number of benzene rings is 4. The average Bonchev–Trinajstić information content (AvgIpc) is 3.59. The Morgan fingerprint density at radius 3 is 2.18 bits per heavy atom. The van der Waals surface area contributed by atoms with Crippen molar-refractivity contribution in [2.75, 3.05) is 24.7 Å². The number of sulfonamides is 1. The number of carbonyl (C=O) groups excluding carboxylic acids is 2. The molecule has 0 aliphatic rings. The van der Waals surface area contributed by atoms with Gasteiger partial charge in [-0.3, -0.25) is 13.9 Å². The molecule has 14 heteroatoms. The Labute approximate surface area is 295 Å². The molecule has 266 valence electrons. The number of methoxy groups -OCH3 is 1. The highest BCUT2D eigenvalue weighted by Gasteiger charge is 2.26. The summed E-state index contributed by atoms with van der Waals surface area (Å²) < 4.78 is 46.1. The van der Waals surface area contributed by atoms with Gasteiger partial charge in [0.2, 0.25) is 10.0 Å². The van der Waals surface area contributed by atoms with Crippen LogP contribution in [0, 0.1) is 5.82 Å². The van der Waals surface area contributed by atoms with Crippen molar-refractivity contribution in [3.8, 4) is 17.0 Å². The van der Waals surface area contributed by atoms with E-state index in [0.717, 1.165) is 21.7 Å². The zero-order chi connectivity index (χ0) is 36.7. The van der Waals surface area contributed by atoms with Crippen LogP contribution in [0.25, 0.3) is 11.3 Å². The largest absolute Gasteiger partial charge is 0.497 e. The summed E-state index contributed by atoms with van der Waals surface area (Å²) >= 11 is 0. The fraction of sp³-hybridized carbons (Fsp3) is 0.243. The minimum absolute atomic E-state index is 0.00426. The zero-order valence-corrected chi connectivity index (χ0v) is 29.3. The fourth-order valence-electron chi connectivity index (χ4n) is 5.36. The Balaban J connectivity index is 1.41. The summed E-state index contributed by atoms with van der Waals surface area (Å²) in [5.41, 5.74) is 2.98. The molecule has 3 N–H and O–H groups in total. The molecule has 0 fully saturated rings. The van der Waals surface area contributed by atoms with E-state index in [-0.39, 0.29) is 29.8 Å². The minimum Gasteiger partial charge on any atom is -0.497 e. The predicted molar refractivity (Wildman–Crippen MR) is 191 cm³/mol. The number of hydrogen-bond acceptors (Lipinski definition) is 8. The Morgan fingerprint density at radius 1 is 0.941 bits per heavy atom. The molecule has 2 amide bonds. The third-order valence-electron chi connectivity index (χ3n) is 8.40. The van der Waals surface area contributed by atoms with E-state index in [2.05, 4.69) is 20.9 Å². The molecule has 0 radical (unpaired) electrons. The van der Waals surface area contributed by atoms with Crippen LogP contribution in [0.4, 0.5) is 10.1 Å². The van der Waals surface area contributed by atoms with Crippen LogP contribution in [0.3, 0.4) is 0 Å². The number of amides is 2. The molecule has 0 aliphatic heterocycles. The molecule has 5 rings (SSSR count). The van der Waals surface area contributed by atoms with Crippen molar-refractivity contribution in [3.05, 3.63) is 131 Å². The van der Waals surface area contributed by atoms with Crippen LogP contribution in [0.2, 0.25) is 0 Å². The lowest BCUT2D eigenvalue weighted by atomic mass is 10.00. The summed E-state index contributed by atoms with van der Waals surface area (Å²) in [6.07, 6.45) is 1.81. The van der Waals surface area contributed by atoms with Crippen LogP contribution < -0.4 is 19.7 Å². The molecular formula is C37H39FN6O6S. The Kier molecular flexibility index (Phi) is 11.5. The highest BCUT2D eigenvalue weighted by atomic mass is 32.2. The number of halogens is 1. The number of rotatable bonds is 14. The van der Waals surface area contributed by atoms with Crippen molar-refractivity contribution in [1.82, 2.24) is 25.6 Å². The molecule has 51 heavy (non-hydrogen) atoms. The van der Waals surface area contributed by atoms with Gasteiger partial charge in [0, 0.05) is 23.7 Å². The van der Waals surface area contributed by atoms with E-state index in [9.17, 15) is 27.5 Å². The lowest BCUT2D eigenvalue weighted by Gasteiger charge is -2.25. The molecule has 5 aromatic rings. The minimum atomic E-state index is -3.77. The van der Waals surface area contributed by atoms with Crippen molar-refractivity contribution in [1.29, 1.82) is 0 Å².